The molecule has 1 heterocycles. The Kier molecular flexibility index (Phi) is 5.97. The molecule has 1 unspecified atom stereocenters. The van der Waals surface area contributed by atoms with E-state index in [1.807, 2.05) is 36.4 Å². The van der Waals surface area contributed by atoms with Gasteiger partial charge in [0.25, 0.3) is 0 Å². The maximum atomic E-state index is 6.24. The van der Waals surface area contributed by atoms with Crippen LogP contribution in [0.15, 0.2) is 78.0 Å². The molecule has 3 rings (SSSR count). The predicted molar refractivity (Wildman–Crippen MR) is 116 cm³/mol. The highest BCUT2D eigenvalue weighted by atomic mass is 16.5. The van der Waals surface area contributed by atoms with E-state index in [4.69, 9.17) is 4.74 Å². The first kappa shape index (κ1) is 18.8. The fourth-order valence-electron chi connectivity index (χ4n) is 3.11. The summed E-state index contributed by atoms with van der Waals surface area (Å²) in [6, 6.07) is 16.2. The molecular weight excluding hydrogens is 334 g/mol. The van der Waals surface area contributed by atoms with Crippen molar-refractivity contribution < 1.29 is 4.74 Å². The van der Waals surface area contributed by atoms with Crippen LogP contribution in [0.4, 0.5) is 17.1 Å². The largest absolute Gasteiger partial charge is 0.457 e. The number of para-hydroxylation sites is 1. The van der Waals surface area contributed by atoms with Crippen molar-refractivity contribution in [2.45, 2.75) is 26.8 Å². The number of hydrogen-bond donors (Lipinski definition) is 1. The summed E-state index contributed by atoms with van der Waals surface area (Å²) in [6.07, 6.45) is 3.70. The van der Waals surface area contributed by atoms with E-state index in [0.29, 0.717) is 0 Å². The number of benzene rings is 2. The molecule has 2 aromatic carbocycles. The average Bonchev–Trinajstić information content (AvgIpc) is 2.69. The Balaban J connectivity index is 1.90. The number of hydrogen-bond acceptors (Lipinski definition) is 4. The molecule has 140 valence electrons. The molecule has 0 fully saturated rings. The lowest BCUT2D eigenvalue weighted by atomic mass is 10.1. The van der Waals surface area contributed by atoms with Crippen LogP contribution in [0.2, 0.25) is 0 Å². The van der Waals surface area contributed by atoms with Gasteiger partial charge in [-0.3, -0.25) is 0 Å². The fourth-order valence-corrected chi connectivity index (χ4v) is 3.11. The van der Waals surface area contributed by atoms with Crippen molar-refractivity contribution >= 4 is 22.8 Å². The van der Waals surface area contributed by atoms with Gasteiger partial charge in [-0.2, -0.15) is 0 Å². The minimum absolute atomic E-state index is 0.0535. The quantitative estimate of drug-likeness (QED) is 0.684. The van der Waals surface area contributed by atoms with Crippen LogP contribution in [0.5, 0.6) is 5.75 Å². The summed E-state index contributed by atoms with van der Waals surface area (Å²) < 4.78 is 6.24. The Morgan fingerprint density at radius 1 is 1.19 bits per heavy atom. The van der Waals surface area contributed by atoms with Crippen molar-refractivity contribution in [1.29, 1.82) is 0 Å². The zero-order valence-corrected chi connectivity index (χ0v) is 16.3. The Bertz CT molecular complexity index is 851. The van der Waals surface area contributed by atoms with E-state index >= 15 is 0 Å². The molecule has 1 atom stereocenters. The summed E-state index contributed by atoms with van der Waals surface area (Å²) in [5.74, 6) is 1.67. The number of nitrogens with zero attached hydrogens (tertiary/aromatic N) is 2. The van der Waals surface area contributed by atoms with Gasteiger partial charge in [0, 0.05) is 30.9 Å². The third-order valence-corrected chi connectivity index (χ3v) is 4.63. The van der Waals surface area contributed by atoms with Gasteiger partial charge in [0.15, 0.2) is 5.75 Å². The molecule has 4 nitrogen and oxygen atoms in total. The molecule has 27 heavy (non-hydrogen) atoms. The molecule has 4 heteroatoms. The van der Waals surface area contributed by atoms with Crippen molar-refractivity contribution in [2.75, 3.05) is 23.3 Å². The second-order valence-corrected chi connectivity index (χ2v) is 6.44. The van der Waals surface area contributed by atoms with Crippen LogP contribution < -0.4 is 15.0 Å². The minimum Gasteiger partial charge on any atom is -0.457 e. The zero-order valence-electron chi connectivity index (χ0n) is 16.3. The number of aliphatic imine (C=N–C) groups is 1. The smallest absolute Gasteiger partial charge is 0.152 e. The number of nitrogens with one attached hydrogen (secondary N) is 1. The van der Waals surface area contributed by atoms with E-state index < -0.39 is 0 Å². The number of allylic oxidation sites excluding steroid dienone is 2. The molecule has 1 N–H and O–H groups in total. The standard InChI is InChI=1S/C23H27N3O/c1-5-18(25-19-11-9-8-10-12-19)15-22-17(4)24-21-14-13-20(16-23(21)27-22)26(6-2)7-3/h5,8-17,24H,1,6-7H2,2-4H3/b22-15+,25-18?. The second-order valence-electron chi connectivity index (χ2n) is 6.44. The number of fused-ring (bicyclic) bond motifs is 1. The average molecular weight is 361 g/mol. The molecule has 0 saturated heterocycles. The molecule has 0 saturated carbocycles. The van der Waals surface area contributed by atoms with Crippen molar-refractivity contribution in [1.82, 2.24) is 0 Å². The third kappa shape index (κ3) is 4.40. The molecule has 0 amide bonds. The van der Waals surface area contributed by atoms with Gasteiger partial charge in [-0.15, -0.1) is 0 Å². The Labute approximate surface area is 161 Å². The number of ether oxygens (including phenoxy) is 1. The van der Waals surface area contributed by atoms with Crippen molar-refractivity contribution in [3.05, 3.63) is 73.0 Å². The van der Waals surface area contributed by atoms with Crippen molar-refractivity contribution in [2.24, 2.45) is 4.99 Å². The molecule has 1 aliphatic rings. The lowest BCUT2D eigenvalue weighted by Gasteiger charge is -2.29. The number of rotatable bonds is 6. The molecular formula is C23H27N3O. The summed E-state index contributed by atoms with van der Waals surface area (Å²) in [5.41, 5.74) is 3.84. The van der Waals surface area contributed by atoms with Gasteiger partial charge >= 0.3 is 0 Å². The van der Waals surface area contributed by atoms with E-state index in [1.54, 1.807) is 6.08 Å². The highest BCUT2D eigenvalue weighted by Gasteiger charge is 2.22. The molecule has 2 aromatic rings. The van der Waals surface area contributed by atoms with Crippen LogP contribution in [0, 0.1) is 0 Å². The van der Waals surface area contributed by atoms with Crippen LogP contribution in [0.1, 0.15) is 20.8 Å². The molecule has 0 radical (unpaired) electrons. The molecule has 1 aliphatic heterocycles. The summed E-state index contributed by atoms with van der Waals surface area (Å²) in [4.78, 5) is 6.94. The normalized spacial score (nSPS) is 17.7. The number of anilines is 2. The molecule has 0 spiro atoms. The SMILES string of the molecule is C=CC(/C=C1/Oc2cc(N(CC)CC)ccc2NC1C)=Nc1ccccc1. The predicted octanol–water partition coefficient (Wildman–Crippen LogP) is 5.57. The lowest BCUT2D eigenvalue weighted by Crippen LogP contribution is -2.28. The summed E-state index contributed by atoms with van der Waals surface area (Å²) in [6.45, 7) is 12.2. The lowest BCUT2D eigenvalue weighted by molar-refractivity contribution is 0.385. The zero-order chi connectivity index (χ0) is 19.2. The van der Waals surface area contributed by atoms with Gasteiger partial charge in [-0.25, -0.2) is 4.99 Å². The maximum Gasteiger partial charge on any atom is 0.152 e. The van der Waals surface area contributed by atoms with Gasteiger partial charge in [0.05, 0.1) is 23.1 Å². The summed E-state index contributed by atoms with van der Waals surface area (Å²) >= 11 is 0. The van der Waals surface area contributed by atoms with E-state index in [0.717, 1.165) is 47.4 Å². The monoisotopic (exact) mass is 361 g/mol. The van der Waals surface area contributed by atoms with Crippen LogP contribution in [0.3, 0.4) is 0 Å². The fraction of sp³-hybridized carbons (Fsp3) is 0.261. The van der Waals surface area contributed by atoms with Gasteiger partial charge in [-0.05, 0) is 51.1 Å². The highest BCUT2D eigenvalue weighted by Crippen LogP contribution is 2.36. The summed E-state index contributed by atoms with van der Waals surface area (Å²) in [5, 5.41) is 3.50. The molecule has 0 bridgehead atoms. The first-order valence-electron chi connectivity index (χ1n) is 9.45. The first-order chi connectivity index (χ1) is 13.1. The van der Waals surface area contributed by atoms with Crippen LogP contribution in [-0.4, -0.2) is 24.8 Å². The third-order valence-electron chi connectivity index (χ3n) is 4.63. The first-order valence-corrected chi connectivity index (χ1v) is 9.45. The minimum atomic E-state index is 0.0535. The Morgan fingerprint density at radius 3 is 2.59 bits per heavy atom. The van der Waals surface area contributed by atoms with E-state index in [-0.39, 0.29) is 6.04 Å². The Hall–Kier alpha value is -3.01. The molecule has 0 aliphatic carbocycles. The highest BCUT2D eigenvalue weighted by molar-refractivity contribution is 6.05. The van der Waals surface area contributed by atoms with Crippen LogP contribution in [0.25, 0.3) is 0 Å². The van der Waals surface area contributed by atoms with Crippen molar-refractivity contribution in [3.8, 4) is 5.75 Å². The maximum absolute atomic E-state index is 6.24. The van der Waals surface area contributed by atoms with Gasteiger partial charge in [-0.1, -0.05) is 24.8 Å². The van der Waals surface area contributed by atoms with Crippen LogP contribution in [-0.2, 0) is 0 Å². The van der Waals surface area contributed by atoms with Crippen molar-refractivity contribution in [3.63, 3.8) is 0 Å². The van der Waals surface area contributed by atoms with Gasteiger partial charge < -0.3 is 15.0 Å². The molecule has 0 aromatic heterocycles. The van der Waals surface area contributed by atoms with Gasteiger partial charge in [0.1, 0.15) is 5.76 Å². The van der Waals surface area contributed by atoms with Crippen LogP contribution >= 0.6 is 0 Å². The van der Waals surface area contributed by atoms with E-state index in [2.05, 4.69) is 60.8 Å². The van der Waals surface area contributed by atoms with Gasteiger partial charge in [0.2, 0.25) is 0 Å². The second kappa shape index (κ2) is 8.58. The Morgan fingerprint density at radius 2 is 1.93 bits per heavy atom. The summed E-state index contributed by atoms with van der Waals surface area (Å²) in [7, 11) is 0. The van der Waals surface area contributed by atoms with E-state index in [9.17, 15) is 0 Å². The van der Waals surface area contributed by atoms with E-state index in [1.165, 1.54) is 0 Å². The topological polar surface area (TPSA) is 36.9 Å².